The van der Waals surface area contributed by atoms with Crippen LogP contribution >= 0.6 is 23.2 Å². The summed E-state index contributed by atoms with van der Waals surface area (Å²) in [6.07, 6.45) is 0.398. The van der Waals surface area contributed by atoms with E-state index in [0.29, 0.717) is 16.5 Å². The Balaban J connectivity index is 2.18. The Bertz CT molecular complexity index is 634. The number of nitrogens with one attached hydrogen (secondary N) is 1. The van der Waals surface area contributed by atoms with Gasteiger partial charge in [0.25, 0.3) is 0 Å². The summed E-state index contributed by atoms with van der Waals surface area (Å²) in [6.45, 7) is 0. The highest BCUT2D eigenvalue weighted by Crippen LogP contribution is 2.37. The molecule has 0 spiro atoms. The highest BCUT2D eigenvalue weighted by atomic mass is 35.5. The summed E-state index contributed by atoms with van der Waals surface area (Å²) in [4.78, 5) is 11.8. The molecule has 0 bridgehead atoms. The normalized spacial score (nSPS) is 17.8. The molecule has 1 heterocycles. The lowest BCUT2D eigenvalue weighted by Gasteiger charge is -2.28. The van der Waals surface area contributed by atoms with Crippen LogP contribution in [0.3, 0.4) is 0 Å². The predicted octanol–water partition coefficient (Wildman–Crippen LogP) is 3.76. The van der Waals surface area contributed by atoms with Crippen molar-refractivity contribution in [2.24, 2.45) is 0 Å². The van der Waals surface area contributed by atoms with Gasteiger partial charge in [0.1, 0.15) is 0 Å². The monoisotopic (exact) mass is 291 g/mol. The Morgan fingerprint density at radius 3 is 2.42 bits per heavy atom. The minimum atomic E-state index is -0.279. The molecule has 0 saturated heterocycles. The molecular weight excluding hydrogens is 281 g/mol. The molecule has 1 atom stereocenters. The first-order chi connectivity index (χ1) is 9.16. The maximum Gasteiger partial charge on any atom is 0.225 e. The summed E-state index contributed by atoms with van der Waals surface area (Å²) in [5.41, 5.74) is 2.83. The lowest BCUT2D eigenvalue weighted by molar-refractivity contribution is -0.121. The largest absolute Gasteiger partial charge is 0.345 e. The van der Waals surface area contributed by atoms with Gasteiger partial charge in [-0.25, -0.2) is 0 Å². The molecule has 1 aliphatic heterocycles. The molecule has 2 aromatic rings. The Kier molecular flexibility index (Phi) is 3.21. The van der Waals surface area contributed by atoms with E-state index in [1.165, 1.54) is 0 Å². The van der Waals surface area contributed by atoms with Gasteiger partial charge in [-0.05, 0) is 23.3 Å². The summed E-state index contributed by atoms with van der Waals surface area (Å²) >= 11 is 12.5. The zero-order chi connectivity index (χ0) is 13.4. The number of rotatable bonds is 1. The van der Waals surface area contributed by atoms with Gasteiger partial charge in [0.05, 0.1) is 12.5 Å². The molecule has 96 valence electrons. The predicted molar refractivity (Wildman–Crippen MR) is 76.6 cm³/mol. The Morgan fingerprint density at radius 2 is 1.68 bits per heavy atom. The van der Waals surface area contributed by atoms with Crippen LogP contribution in [0.5, 0.6) is 0 Å². The van der Waals surface area contributed by atoms with E-state index in [1.54, 1.807) is 18.2 Å². The average molecular weight is 292 g/mol. The number of benzene rings is 2. The van der Waals surface area contributed by atoms with Crippen LogP contribution in [0.4, 0.5) is 0 Å². The molecule has 1 amide bonds. The molecule has 0 aromatic heterocycles. The van der Waals surface area contributed by atoms with Crippen LogP contribution in [0.25, 0.3) is 0 Å². The van der Waals surface area contributed by atoms with E-state index in [0.717, 1.165) is 16.7 Å². The van der Waals surface area contributed by atoms with Crippen molar-refractivity contribution in [3.8, 4) is 0 Å². The van der Waals surface area contributed by atoms with Crippen molar-refractivity contribution < 1.29 is 4.79 Å². The van der Waals surface area contributed by atoms with E-state index in [2.05, 4.69) is 5.32 Å². The average Bonchev–Trinajstić information content (AvgIpc) is 2.38. The quantitative estimate of drug-likeness (QED) is 0.852. The van der Waals surface area contributed by atoms with Crippen molar-refractivity contribution in [2.75, 3.05) is 0 Å². The lowest BCUT2D eigenvalue weighted by Crippen LogP contribution is -2.36. The van der Waals surface area contributed by atoms with E-state index >= 15 is 0 Å². The van der Waals surface area contributed by atoms with Gasteiger partial charge in [-0.2, -0.15) is 0 Å². The first-order valence-electron chi connectivity index (χ1n) is 5.98. The van der Waals surface area contributed by atoms with Gasteiger partial charge in [0.2, 0.25) is 5.91 Å². The van der Waals surface area contributed by atoms with Gasteiger partial charge in [-0.1, -0.05) is 53.5 Å². The molecule has 1 N–H and O–H groups in total. The molecule has 19 heavy (non-hydrogen) atoms. The minimum Gasteiger partial charge on any atom is -0.345 e. The fraction of sp³-hybridized carbons (Fsp3) is 0.133. The zero-order valence-electron chi connectivity index (χ0n) is 9.99. The van der Waals surface area contributed by atoms with Crippen LogP contribution in [0.15, 0.2) is 42.5 Å². The van der Waals surface area contributed by atoms with E-state index in [9.17, 15) is 4.79 Å². The second-order valence-electron chi connectivity index (χ2n) is 4.51. The topological polar surface area (TPSA) is 29.1 Å². The van der Waals surface area contributed by atoms with Crippen LogP contribution in [0.2, 0.25) is 10.0 Å². The molecule has 1 aliphatic rings. The first kappa shape index (κ1) is 12.5. The molecule has 2 nitrogen and oxygen atoms in total. The highest BCUT2D eigenvalue weighted by Gasteiger charge is 2.28. The Morgan fingerprint density at radius 1 is 1.00 bits per heavy atom. The molecule has 0 aliphatic carbocycles. The van der Waals surface area contributed by atoms with Crippen LogP contribution in [0.1, 0.15) is 22.7 Å². The molecule has 4 heteroatoms. The summed E-state index contributed by atoms with van der Waals surface area (Å²) < 4.78 is 0. The Labute approximate surface area is 121 Å². The summed E-state index contributed by atoms with van der Waals surface area (Å²) in [5, 5.41) is 4.09. The third-order valence-electron chi connectivity index (χ3n) is 3.31. The molecule has 0 saturated carbocycles. The maximum absolute atomic E-state index is 11.8. The SMILES string of the molecule is O=C1Cc2ccccc2[C@H](c2c(Cl)cccc2Cl)N1. The zero-order valence-corrected chi connectivity index (χ0v) is 11.5. The van der Waals surface area contributed by atoms with E-state index in [4.69, 9.17) is 23.2 Å². The van der Waals surface area contributed by atoms with Crippen LogP contribution in [0, 0.1) is 0 Å². The second-order valence-corrected chi connectivity index (χ2v) is 5.33. The number of carbonyl (C=O) groups is 1. The van der Waals surface area contributed by atoms with Gasteiger partial charge < -0.3 is 5.32 Å². The third kappa shape index (κ3) is 2.22. The summed E-state index contributed by atoms with van der Waals surface area (Å²) in [6, 6.07) is 12.9. The minimum absolute atomic E-state index is 0.0142. The van der Waals surface area contributed by atoms with Gasteiger partial charge in [0, 0.05) is 15.6 Å². The van der Waals surface area contributed by atoms with Gasteiger partial charge in [-0.3, -0.25) is 4.79 Å². The number of amides is 1. The highest BCUT2D eigenvalue weighted by molar-refractivity contribution is 6.36. The molecule has 0 fully saturated rings. The van der Waals surface area contributed by atoms with Crippen molar-refractivity contribution in [1.29, 1.82) is 0 Å². The number of hydrogen-bond donors (Lipinski definition) is 1. The summed E-state index contributed by atoms with van der Waals surface area (Å²) in [7, 11) is 0. The fourth-order valence-electron chi connectivity index (χ4n) is 2.45. The van der Waals surface area contributed by atoms with Crippen molar-refractivity contribution in [2.45, 2.75) is 12.5 Å². The van der Waals surface area contributed by atoms with Crippen molar-refractivity contribution in [1.82, 2.24) is 5.32 Å². The second kappa shape index (κ2) is 4.87. The van der Waals surface area contributed by atoms with Gasteiger partial charge in [0.15, 0.2) is 0 Å². The Hall–Kier alpha value is -1.51. The third-order valence-corrected chi connectivity index (χ3v) is 3.97. The molecule has 2 aromatic carbocycles. The van der Waals surface area contributed by atoms with E-state index < -0.39 is 0 Å². The molecule has 0 unspecified atom stereocenters. The maximum atomic E-state index is 11.8. The van der Waals surface area contributed by atoms with E-state index in [1.807, 2.05) is 24.3 Å². The molecule has 3 rings (SSSR count). The van der Waals surface area contributed by atoms with E-state index in [-0.39, 0.29) is 11.9 Å². The van der Waals surface area contributed by atoms with Crippen LogP contribution < -0.4 is 5.32 Å². The molecular formula is C15H11Cl2NO. The van der Waals surface area contributed by atoms with Crippen molar-refractivity contribution in [3.05, 3.63) is 69.2 Å². The van der Waals surface area contributed by atoms with Crippen LogP contribution in [-0.4, -0.2) is 5.91 Å². The van der Waals surface area contributed by atoms with Gasteiger partial charge in [-0.15, -0.1) is 0 Å². The number of fused-ring (bicyclic) bond motifs is 1. The van der Waals surface area contributed by atoms with Crippen LogP contribution in [-0.2, 0) is 11.2 Å². The van der Waals surface area contributed by atoms with Crippen molar-refractivity contribution >= 4 is 29.1 Å². The standard InChI is InChI=1S/C15H11Cl2NO/c16-11-6-3-7-12(17)14(11)15-10-5-2-1-4-9(10)8-13(19)18-15/h1-7,15H,8H2,(H,18,19)/t15-/m1/s1. The summed E-state index contributed by atoms with van der Waals surface area (Å²) in [5.74, 6) is -0.0142. The van der Waals surface area contributed by atoms with Gasteiger partial charge >= 0.3 is 0 Å². The molecule has 0 radical (unpaired) electrons. The number of hydrogen-bond acceptors (Lipinski definition) is 1. The van der Waals surface area contributed by atoms with Crippen molar-refractivity contribution in [3.63, 3.8) is 0 Å². The smallest absolute Gasteiger partial charge is 0.225 e. The lowest BCUT2D eigenvalue weighted by atomic mass is 9.89. The fourth-order valence-corrected chi connectivity index (χ4v) is 3.07. The number of carbonyl (C=O) groups excluding carboxylic acids is 1. The first-order valence-corrected chi connectivity index (χ1v) is 6.73. The number of halogens is 2.